The SMILES string of the molecule is NC(=O)C(O)CNC1CCNCC1. The largest absolute Gasteiger partial charge is 0.382 e. The van der Waals surface area contributed by atoms with Crippen molar-refractivity contribution in [1.82, 2.24) is 10.6 Å². The van der Waals surface area contributed by atoms with Crippen LogP contribution in [0.2, 0.25) is 0 Å². The fourth-order valence-electron chi connectivity index (χ4n) is 1.40. The standard InChI is InChI=1S/C8H17N3O2/c9-8(13)7(12)5-11-6-1-3-10-4-2-6/h6-7,10-12H,1-5H2,(H2,9,13). The quantitative estimate of drug-likeness (QED) is 0.417. The van der Waals surface area contributed by atoms with E-state index >= 15 is 0 Å². The maximum atomic E-state index is 10.5. The molecule has 1 aliphatic heterocycles. The van der Waals surface area contributed by atoms with Crippen LogP contribution in [-0.4, -0.2) is 42.8 Å². The van der Waals surface area contributed by atoms with Gasteiger partial charge >= 0.3 is 0 Å². The summed E-state index contributed by atoms with van der Waals surface area (Å²) in [6.07, 6.45) is 1.01. The minimum absolute atomic E-state index is 0.264. The molecule has 0 spiro atoms. The highest BCUT2D eigenvalue weighted by atomic mass is 16.3. The van der Waals surface area contributed by atoms with E-state index in [2.05, 4.69) is 10.6 Å². The predicted octanol–water partition coefficient (Wildman–Crippen LogP) is -1.83. The summed E-state index contributed by atoms with van der Waals surface area (Å²) in [4.78, 5) is 10.5. The van der Waals surface area contributed by atoms with Crippen molar-refractivity contribution in [3.63, 3.8) is 0 Å². The molecule has 5 nitrogen and oxygen atoms in total. The molecule has 0 aliphatic carbocycles. The monoisotopic (exact) mass is 187 g/mol. The van der Waals surface area contributed by atoms with E-state index in [9.17, 15) is 4.79 Å². The van der Waals surface area contributed by atoms with Crippen LogP contribution >= 0.6 is 0 Å². The van der Waals surface area contributed by atoms with Crippen LogP contribution in [0.5, 0.6) is 0 Å². The lowest BCUT2D eigenvalue weighted by Crippen LogP contribution is -2.45. The van der Waals surface area contributed by atoms with Crippen LogP contribution in [0.4, 0.5) is 0 Å². The third-order valence-electron chi connectivity index (χ3n) is 2.27. The molecule has 1 saturated heterocycles. The van der Waals surface area contributed by atoms with Gasteiger partial charge in [0.25, 0.3) is 0 Å². The van der Waals surface area contributed by atoms with Gasteiger partial charge in [0.1, 0.15) is 6.10 Å². The van der Waals surface area contributed by atoms with Crippen LogP contribution in [0.15, 0.2) is 0 Å². The van der Waals surface area contributed by atoms with Crippen molar-refractivity contribution in [2.75, 3.05) is 19.6 Å². The average molecular weight is 187 g/mol. The van der Waals surface area contributed by atoms with E-state index in [0.29, 0.717) is 6.04 Å². The molecule has 1 aliphatic rings. The third-order valence-corrected chi connectivity index (χ3v) is 2.27. The van der Waals surface area contributed by atoms with Gasteiger partial charge in [-0.05, 0) is 25.9 Å². The number of carbonyl (C=O) groups is 1. The molecule has 1 rings (SSSR count). The molecule has 0 saturated carbocycles. The Balaban J connectivity index is 2.13. The lowest BCUT2D eigenvalue weighted by molar-refractivity contribution is -0.125. The Morgan fingerprint density at radius 2 is 2.23 bits per heavy atom. The topological polar surface area (TPSA) is 87.4 Å². The molecular weight excluding hydrogens is 170 g/mol. The van der Waals surface area contributed by atoms with Gasteiger partial charge in [-0.15, -0.1) is 0 Å². The first-order valence-electron chi connectivity index (χ1n) is 4.61. The molecular formula is C8H17N3O2. The number of amides is 1. The fraction of sp³-hybridized carbons (Fsp3) is 0.875. The lowest BCUT2D eigenvalue weighted by atomic mass is 10.1. The van der Waals surface area contributed by atoms with Crippen LogP contribution in [0.3, 0.4) is 0 Å². The number of rotatable bonds is 4. The van der Waals surface area contributed by atoms with Gasteiger partial charge in [0.05, 0.1) is 0 Å². The van der Waals surface area contributed by atoms with E-state index in [0.717, 1.165) is 25.9 Å². The molecule has 1 heterocycles. The first kappa shape index (κ1) is 10.4. The molecule has 1 atom stereocenters. The van der Waals surface area contributed by atoms with Crippen molar-refractivity contribution in [2.24, 2.45) is 5.73 Å². The van der Waals surface area contributed by atoms with Gasteiger partial charge in [0.2, 0.25) is 5.91 Å². The Hall–Kier alpha value is -0.650. The highest BCUT2D eigenvalue weighted by molar-refractivity contribution is 5.78. The molecule has 1 unspecified atom stereocenters. The zero-order valence-corrected chi connectivity index (χ0v) is 7.62. The molecule has 1 fully saturated rings. The van der Waals surface area contributed by atoms with E-state index in [1.807, 2.05) is 0 Å². The molecule has 0 bridgehead atoms. The Kier molecular flexibility index (Phi) is 4.14. The van der Waals surface area contributed by atoms with E-state index in [4.69, 9.17) is 10.8 Å². The number of nitrogens with one attached hydrogen (secondary N) is 2. The minimum atomic E-state index is -1.06. The van der Waals surface area contributed by atoms with Gasteiger partial charge in [0, 0.05) is 12.6 Å². The maximum Gasteiger partial charge on any atom is 0.247 e. The van der Waals surface area contributed by atoms with E-state index in [1.165, 1.54) is 0 Å². The third kappa shape index (κ3) is 3.71. The number of nitrogens with two attached hydrogens (primary N) is 1. The summed E-state index contributed by atoms with van der Waals surface area (Å²) < 4.78 is 0. The minimum Gasteiger partial charge on any atom is -0.382 e. The normalized spacial score (nSPS) is 21.3. The number of hydrogen-bond donors (Lipinski definition) is 4. The Bertz CT molecular complexity index is 169. The summed E-state index contributed by atoms with van der Waals surface area (Å²) in [7, 11) is 0. The molecule has 0 aromatic carbocycles. The summed E-state index contributed by atoms with van der Waals surface area (Å²) in [6.45, 7) is 2.24. The highest BCUT2D eigenvalue weighted by Gasteiger charge is 2.15. The van der Waals surface area contributed by atoms with E-state index in [-0.39, 0.29) is 6.54 Å². The summed E-state index contributed by atoms with van der Waals surface area (Å²) in [6, 6.07) is 0.398. The fourth-order valence-corrected chi connectivity index (χ4v) is 1.40. The number of primary amides is 1. The van der Waals surface area contributed by atoms with Crippen molar-refractivity contribution in [3.8, 4) is 0 Å². The molecule has 5 N–H and O–H groups in total. The average Bonchev–Trinajstić information content (AvgIpc) is 2.15. The summed E-state index contributed by atoms with van der Waals surface area (Å²) in [5.41, 5.74) is 4.91. The van der Waals surface area contributed by atoms with Crippen molar-refractivity contribution in [1.29, 1.82) is 0 Å². The second kappa shape index (κ2) is 5.16. The molecule has 0 radical (unpaired) electrons. The van der Waals surface area contributed by atoms with Crippen molar-refractivity contribution in [3.05, 3.63) is 0 Å². The molecule has 0 aromatic rings. The van der Waals surface area contributed by atoms with Crippen LogP contribution in [0.1, 0.15) is 12.8 Å². The molecule has 13 heavy (non-hydrogen) atoms. The van der Waals surface area contributed by atoms with Gasteiger partial charge in [-0.2, -0.15) is 0 Å². The summed E-state index contributed by atoms with van der Waals surface area (Å²) >= 11 is 0. The summed E-state index contributed by atoms with van der Waals surface area (Å²) in [5, 5.41) is 15.4. The van der Waals surface area contributed by atoms with Gasteiger partial charge in [0.15, 0.2) is 0 Å². The van der Waals surface area contributed by atoms with Crippen LogP contribution in [0, 0.1) is 0 Å². The van der Waals surface area contributed by atoms with Gasteiger partial charge in [-0.3, -0.25) is 4.79 Å². The van der Waals surface area contributed by atoms with Crippen LogP contribution in [0.25, 0.3) is 0 Å². The van der Waals surface area contributed by atoms with Gasteiger partial charge in [-0.1, -0.05) is 0 Å². The second-order valence-corrected chi connectivity index (χ2v) is 3.35. The number of aliphatic hydroxyl groups is 1. The Morgan fingerprint density at radius 3 is 2.77 bits per heavy atom. The Labute approximate surface area is 77.7 Å². The van der Waals surface area contributed by atoms with Crippen molar-refractivity contribution < 1.29 is 9.90 Å². The van der Waals surface area contributed by atoms with Crippen LogP contribution < -0.4 is 16.4 Å². The first-order chi connectivity index (χ1) is 6.20. The van der Waals surface area contributed by atoms with Crippen molar-refractivity contribution in [2.45, 2.75) is 25.0 Å². The Morgan fingerprint density at radius 1 is 1.62 bits per heavy atom. The van der Waals surface area contributed by atoms with Gasteiger partial charge in [-0.25, -0.2) is 0 Å². The smallest absolute Gasteiger partial charge is 0.247 e. The zero-order chi connectivity index (χ0) is 9.68. The number of hydrogen-bond acceptors (Lipinski definition) is 4. The maximum absolute atomic E-state index is 10.5. The zero-order valence-electron chi connectivity index (χ0n) is 7.62. The predicted molar refractivity (Wildman–Crippen MR) is 49.1 cm³/mol. The lowest BCUT2D eigenvalue weighted by Gasteiger charge is -2.24. The number of piperidine rings is 1. The second-order valence-electron chi connectivity index (χ2n) is 3.35. The highest BCUT2D eigenvalue weighted by Crippen LogP contribution is 2.01. The number of aliphatic hydroxyl groups excluding tert-OH is 1. The van der Waals surface area contributed by atoms with E-state index < -0.39 is 12.0 Å². The van der Waals surface area contributed by atoms with Crippen molar-refractivity contribution >= 4 is 5.91 Å². The first-order valence-corrected chi connectivity index (χ1v) is 4.61. The molecule has 76 valence electrons. The molecule has 1 amide bonds. The molecule has 5 heteroatoms. The number of carbonyl (C=O) groups excluding carboxylic acids is 1. The van der Waals surface area contributed by atoms with Crippen LogP contribution in [-0.2, 0) is 4.79 Å². The van der Waals surface area contributed by atoms with Gasteiger partial charge < -0.3 is 21.5 Å². The summed E-state index contributed by atoms with van der Waals surface area (Å²) in [5.74, 6) is -0.665. The van der Waals surface area contributed by atoms with E-state index in [1.54, 1.807) is 0 Å². The molecule has 0 aromatic heterocycles.